The summed E-state index contributed by atoms with van der Waals surface area (Å²) in [4.78, 5) is 0.844. The van der Waals surface area contributed by atoms with Gasteiger partial charge in [0.15, 0.2) is 5.82 Å². The smallest absolute Gasteiger partial charge is 0.234 e. The van der Waals surface area contributed by atoms with Gasteiger partial charge in [-0.1, -0.05) is 36.5 Å². The fourth-order valence-electron chi connectivity index (χ4n) is 2.02. The van der Waals surface area contributed by atoms with Gasteiger partial charge in [0.25, 0.3) is 0 Å². The Morgan fingerprint density at radius 1 is 1.32 bits per heavy atom. The standard InChI is InChI=1S/C13H15N5S/c1-2-11-15-16-13-18(11)17-12(19-13)10-5-3-4-9(8-10)6-7-14/h3-5,8H,2,6-7,14H2,1H3. The molecule has 0 bridgehead atoms. The first-order valence-electron chi connectivity index (χ1n) is 6.32. The van der Waals surface area contributed by atoms with E-state index in [0.717, 1.165) is 34.2 Å². The maximum Gasteiger partial charge on any atom is 0.234 e. The van der Waals surface area contributed by atoms with Crippen LogP contribution < -0.4 is 5.73 Å². The summed E-state index contributed by atoms with van der Waals surface area (Å²) in [6, 6.07) is 8.35. The van der Waals surface area contributed by atoms with E-state index in [1.165, 1.54) is 5.56 Å². The first-order valence-corrected chi connectivity index (χ1v) is 7.14. The highest BCUT2D eigenvalue weighted by atomic mass is 32.1. The summed E-state index contributed by atoms with van der Waals surface area (Å²) in [5.41, 5.74) is 7.95. The van der Waals surface area contributed by atoms with Gasteiger partial charge in [-0.2, -0.15) is 9.61 Å². The van der Waals surface area contributed by atoms with Gasteiger partial charge >= 0.3 is 0 Å². The number of aryl methyl sites for hydroxylation is 1. The first kappa shape index (κ1) is 12.3. The van der Waals surface area contributed by atoms with Crippen molar-refractivity contribution in [3.8, 4) is 10.6 Å². The Hall–Kier alpha value is -1.79. The Morgan fingerprint density at radius 3 is 3.00 bits per heavy atom. The lowest BCUT2D eigenvalue weighted by Gasteiger charge is -2.00. The van der Waals surface area contributed by atoms with E-state index in [2.05, 4.69) is 40.4 Å². The minimum atomic E-state index is 0.661. The van der Waals surface area contributed by atoms with E-state index in [1.54, 1.807) is 11.3 Å². The fourth-order valence-corrected chi connectivity index (χ4v) is 2.88. The van der Waals surface area contributed by atoms with Crippen LogP contribution in [0.4, 0.5) is 0 Å². The number of fused-ring (bicyclic) bond motifs is 1. The lowest BCUT2D eigenvalue weighted by molar-refractivity contribution is 0.838. The molecule has 3 aromatic rings. The maximum absolute atomic E-state index is 5.60. The van der Waals surface area contributed by atoms with E-state index in [0.29, 0.717) is 6.54 Å². The number of aromatic nitrogens is 4. The zero-order valence-corrected chi connectivity index (χ0v) is 11.5. The molecule has 0 amide bonds. The Bertz CT molecular complexity index is 700. The molecule has 19 heavy (non-hydrogen) atoms. The summed E-state index contributed by atoms with van der Waals surface area (Å²) < 4.78 is 1.83. The van der Waals surface area contributed by atoms with Crippen molar-refractivity contribution in [3.05, 3.63) is 35.7 Å². The summed E-state index contributed by atoms with van der Waals surface area (Å²) in [5, 5.41) is 13.8. The third kappa shape index (κ3) is 2.24. The normalized spacial score (nSPS) is 11.3. The molecule has 0 saturated carbocycles. The fraction of sp³-hybridized carbons (Fsp3) is 0.308. The molecule has 0 aliphatic rings. The van der Waals surface area contributed by atoms with Crippen LogP contribution in [0.1, 0.15) is 18.3 Å². The van der Waals surface area contributed by atoms with Crippen LogP contribution in [-0.2, 0) is 12.8 Å². The summed E-state index contributed by atoms with van der Waals surface area (Å²) in [5.74, 6) is 0.899. The molecule has 3 rings (SSSR count). The average molecular weight is 273 g/mol. The van der Waals surface area contributed by atoms with Crippen LogP contribution >= 0.6 is 11.3 Å². The number of nitrogens with two attached hydrogens (primary N) is 1. The van der Waals surface area contributed by atoms with Crippen molar-refractivity contribution >= 4 is 16.3 Å². The van der Waals surface area contributed by atoms with Gasteiger partial charge in [-0.25, -0.2) is 0 Å². The van der Waals surface area contributed by atoms with Crippen LogP contribution in [0.25, 0.3) is 15.5 Å². The Balaban J connectivity index is 2.03. The third-order valence-electron chi connectivity index (χ3n) is 2.98. The van der Waals surface area contributed by atoms with Gasteiger partial charge in [0.05, 0.1) is 0 Å². The molecule has 5 nitrogen and oxygen atoms in total. The summed E-state index contributed by atoms with van der Waals surface area (Å²) in [6.45, 7) is 2.71. The second-order valence-corrected chi connectivity index (χ2v) is 5.27. The van der Waals surface area contributed by atoms with E-state index in [9.17, 15) is 0 Å². The highest BCUT2D eigenvalue weighted by molar-refractivity contribution is 7.19. The summed E-state index contributed by atoms with van der Waals surface area (Å²) in [7, 11) is 0. The molecule has 0 spiro atoms. The van der Waals surface area contributed by atoms with Crippen molar-refractivity contribution in [1.29, 1.82) is 0 Å². The molecular formula is C13H15N5S. The van der Waals surface area contributed by atoms with Crippen LogP contribution in [0.2, 0.25) is 0 Å². The van der Waals surface area contributed by atoms with E-state index < -0.39 is 0 Å². The lowest BCUT2D eigenvalue weighted by atomic mass is 10.1. The largest absolute Gasteiger partial charge is 0.330 e. The van der Waals surface area contributed by atoms with Crippen molar-refractivity contribution in [2.24, 2.45) is 5.73 Å². The molecule has 2 aromatic heterocycles. The van der Waals surface area contributed by atoms with Crippen LogP contribution in [0.3, 0.4) is 0 Å². The number of nitrogens with zero attached hydrogens (tertiary/aromatic N) is 4. The van der Waals surface area contributed by atoms with Crippen LogP contribution in [0.5, 0.6) is 0 Å². The van der Waals surface area contributed by atoms with Gasteiger partial charge in [0, 0.05) is 12.0 Å². The third-order valence-corrected chi connectivity index (χ3v) is 3.93. The van der Waals surface area contributed by atoms with Gasteiger partial charge in [0.2, 0.25) is 4.96 Å². The number of benzene rings is 1. The molecule has 0 aliphatic heterocycles. The molecule has 6 heteroatoms. The van der Waals surface area contributed by atoms with E-state index in [1.807, 2.05) is 10.6 Å². The molecular weight excluding hydrogens is 258 g/mol. The van der Waals surface area contributed by atoms with Gasteiger partial charge in [-0.3, -0.25) is 0 Å². The monoisotopic (exact) mass is 273 g/mol. The Labute approximate surface area is 115 Å². The summed E-state index contributed by atoms with van der Waals surface area (Å²) in [6.07, 6.45) is 1.72. The molecule has 0 saturated heterocycles. The van der Waals surface area contributed by atoms with E-state index >= 15 is 0 Å². The molecule has 2 heterocycles. The number of hydrogen-bond donors (Lipinski definition) is 1. The van der Waals surface area contributed by atoms with Gasteiger partial charge in [-0.05, 0) is 24.6 Å². The van der Waals surface area contributed by atoms with E-state index in [4.69, 9.17) is 5.73 Å². The van der Waals surface area contributed by atoms with Crippen molar-refractivity contribution < 1.29 is 0 Å². The maximum atomic E-state index is 5.60. The predicted octanol–water partition coefficient (Wildman–Crippen LogP) is 1.92. The molecule has 0 radical (unpaired) electrons. The highest BCUT2D eigenvalue weighted by Gasteiger charge is 2.11. The topological polar surface area (TPSA) is 69.1 Å². The molecule has 2 N–H and O–H groups in total. The highest BCUT2D eigenvalue weighted by Crippen LogP contribution is 2.26. The van der Waals surface area contributed by atoms with Crippen molar-refractivity contribution in [2.45, 2.75) is 19.8 Å². The van der Waals surface area contributed by atoms with Gasteiger partial charge in [0.1, 0.15) is 5.01 Å². The number of rotatable bonds is 4. The van der Waals surface area contributed by atoms with Crippen LogP contribution in [-0.4, -0.2) is 26.4 Å². The first-order chi connectivity index (χ1) is 9.31. The second-order valence-electron chi connectivity index (χ2n) is 4.31. The SMILES string of the molecule is CCc1nnc2sc(-c3cccc(CCN)c3)nn12. The summed E-state index contributed by atoms with van der Waals surface area (Å²) >= 11 is 1.56. The van der Waals surface area contributed by atoms with Crippen molar-refractivity contribution in [1.82, 2.24) is 19.8 Å². The molecule has 1 aromatic carbocycles. The molecule has 0 atom stereocenters. The predicted molar refractivity (Wildman–Crippen MR) is 76.2 cm³/mol. The minimum Gasteiger partial charge on any atom is -0.330 e. The second kappa shape index (κ2) is 5.07. The zero-order valence-electron chi connectivity index (χ0n) is 10.7. The quantitative estimate of drug-likeness (QED) is 0.788. The van der Waals surface area contributed by atoms with Crippen molar-refractivity contribution in [3.63, 3.8) is 0 Å². The Kier molecular flexibility index (Phi) is 3.27. The van der Waals surface area contributed by atoms with Crippen LogP contribution in [0, 0.1) is 0 Å². The average Bonchev–Trinajstić information content (AvgIpc) is 2.99. The van der Waals surface area contributed by atoms with Gasteiger partial charge in [-0.15, -0.1) is 10.2 Å². The van der Waals surface area contributed by atoms with Crippen LogP contribution in [0.15, 0.2) is 24.3 Å². The molecule has 0 fully saturated rings. The molecule has 0 unspecified atom stereocenters. The number of hydrogen-bond acceptors (Lipinski definition) is 5. The minimum absolute atomic E-state index is 0.661. The van der Waals surface area contributed by atoms with E-state index in [-0.39, 0.29) is 0 Å². The molecule has 98 valence electrons. The van der Waals surface area contributed by atoms with Gasteiger partial charge < -0.3 is 5.73 Å². The van der Waals surface area contributed by atoms with Crippen molar-refractivity contribution in [2.75, 3.05) is 6.54 Å². The Morgan fingerprint density at radius 2 is 2.21 bits per heavy atom. The lowest BCUT2D eigenvalue weighted by Crippen LogP contribution is -2.02. The molecule has 0 aliphatic carbocycles. The zero-order chi connectivity index (χ0) is 13.2.